The zero-order chi connectivity index (χ0) is 12.3. The Balaban J connectivity index is 2.28. The summed E-state index contributed by atoms with van der Waals surface area (Å²) in [7, 11) is -3.27. The maximum Gasteiger partial charge on any atom is 0.243 e. The molecule has 1 fully saturated rings. The molecule has 0 spiro atoms. The van der Waals surface area contributed by atoms with Crippen LogP contribution in [0.4, 0.5) is 0 Å². The highest BCUT2D eigenvalue weighted by Gasteiger charge is 2.24. The molecule has 17 heavy (non-hydrogen) atoms. The van der Waals surface area contributed by atoms with Crippen molar-refractivity contribution in [1.29, 1.82) is 0 Å². The molecular formula is C13H19NO2S. The molecule has 1 aliphatic rings. The summed E-state index contributed by atoms with van der Waals surface area (Å²) in [5.41, 5.74) is 0.987. The van der Waals surface area contributed by atoms with E-state index in [0.717, 1.165) is 31.2 Å². The van der Waals surface area contributed by atoms with Crippen molar-refractivity contribution in [2.75, 3.05) is 13.1 Å². The van der Waals surface area contributed by atoms with E-state index in [2.05, 4.69) is 0 Å². The first-order valence-corrected chi connectivity index (χ1v) is 7.61. The van der Waals surface area contributed by atoms with Crippen molar-refractivity contribution in [1.82, 2.24) is 4.31 Å². The highest BCUT2D eigenvalue weighted by molar-refractivity contribution is 7.89. The van der Waals surface area contributed by atoms with Crippen molar-refractivity contribution >= 4 is 10.0 Å². The Bertz CT molecular complexity index is 474. The molecule has 0 bridgehead atoms. The molecule has 4 heteroatoms. The SMILES string of the molecule is Cc1cccc(S(=O)(=O)N2CCCCCC2)c1. The largest absolute Gasteiger partial charge is 0.243 e. The lowest BCUT2D eigenvalue weighted by atomic mass is 10.2. The fourth-order valence-electron chi connectivity index (χ4n) is 2.21. The molecule has 0 atom stereocenters. The second-order valence-electron chi connectivity index (χ2n) is 4.63. The zero-order valence-corrected chi connectivity index (χ0v) is 11.0. The molecule has 3 nitrogen and oxygen atoms in total. The van der Waals surface area contributed by atoms with Gasteiger partial charge in [0.15, 0.2) is 0 Å². The molecule has 1 saturated heterocycles. The summed E-state index contributed by atoms with van der Waals surface area (Å²) >= 11 is 0. The van der Waals surface area contributed by atoms with Crippen molar-refractivity contribution in [2.45, 2.75) is 37.5 Å². The summed E-state index contributed by atoms with van der Waals surface area (Å²) in [5, 5.41) is 0. The van der Waals surface area contributed by atoms with Crippen molar-refractivity contribution in [3.63, 3.8) is 0 Å². The Morgan fingerprint density at radius 2 is 1.71 bits per heavy atom. The van der Waals surface area contributed by atoms with Crippen LogP contribution in [0.2, 0.25) is 0 Å². The average Bonchev–Trinajstić information content (AvgIpc) is 2.58. The van der Waals surface area contributed by atoms with Crippen LogP contribution in [0.1, 0.15) is 31.2 Å². The van der Waals surface area contributed by atoms with Gasteiger partial charge >= 0.3 is 0 Å². The van der Waals surface area contributed by atoms with Gasteiger partial charge in [-0.1, -0.05) is 25.0 Å². The monoisotopic (exact) mass is 253 g/mol. The minimum atomic E-state index is -3.27. The Labute approximate surface area is 104 Å². The lowest BCUT2D eigenvalue weighted by Crippen LogP contribution is -2.31. The summed E-state index contributed by atoms with van der Waals surface area (Å²) in [6, 6.07) is 7.16. The van der Waals surface area contributed by atoms with Gasteiger partial charge in [-0.3, -0.25) is 0 Å². The summed E-state index contributed by atoms with van der Waals surface area (Å²) < 4.78 is 26.5. The summed E-state index contributed by atoms with van der Waals surface area (Å²) in [6.45, 7) is 3.24. The quantitative estimate of drug-likeness (QED) is 0.812. The van der Waals surface area contributed by atoms with Gasteiger partial charge in [0.25, 0.3) is 0 Å². The Morgan fingerprint density at radius 1 is 1.06 bits per heavy atom. The molecule has 1 aromatic rings. The van der Waals surface area contributed by atoms with Gasteiger partial charge in [-0.15, -0.1) is 0 Å². The molecule has 0 aliphatic carbocycles. The minimum Gasteiger partial charge on any atom is -0.207 e. The van der Waals surface area contributed by atoms with E-state index in [1.54, 1.807) is 22.5 Å². The number of benzene rings is 1. The van der Waals surface area contributed by atoms with Gasteiger partial charge in [0.1, 0.15) is 0 Å². The van der Waals surface area contributed by atoms with Crippen LogP contribution in [-0.4, -0.2) is 25.8 Å². The van der Waals surface area contributed by atoms with Gasteiger partial charge in [-0.05, 0) is 37.5 Å². The third-order valence-electron chi connectivity index (χ3n) is 3.19. The van der Waals surface area contributed by atoms with E-state index in [-0.39, 0.29) is 0 Å². The Morgan fingerprint density at radius 3 is 2.29 bits per heavy atom. The number of nitrogens with zero attached hydrogens (tertiary/aromatic N) is 1. The lowest BCUT2D eigenvalue weighted by Gasteiger charge is -2.20. The van der Waals surface area contributed by atoms with Crippen LogP contribution in [0, 0.1) is 6.92 Å². The van der Waals surface area contributed by atoms with Gasteiger partial charge in [0.2, 0.25) is 10.0 Å². The molecule has 2 rings (SSSR count). The van der Waals surface area contributed by atoms with E-state index >= 15 is 0 Å². The Hall–Kier alpha value is -0.870. The third kappa shape index (κ3) is 2.87. The number of aryl methyl sites for hydroxylation is 1. The highest BCUT2D eigenvalue weighted by atomic mass is 32.2. The second kappa shape index (κ2) is 5.19. The predicted molar refractivity (Wildman–Crippen MR) is 68.4 cm³/mol. The molecular weight excluding hydrogens is 234 g/mol. The molecule has 1 aliphatic heterocycles. The standard InChI is InChI=1S/C13H19NO2S/c1-12-7-6-8-13(11-12)17(15,16)14-9-4-2-3-5-10-14/h6-8,11H,2-5,9-10H2,1H3. The predicted octanol–water partition coefficient (Wildman–Crippen LogP) is 2.56. The van der Waals surface area contributed by atoms with Gasteiger partial charge < -0.3 is 0 Å². The molecule has 0 saturated carbocycles. The first-order chi connectivity index (χ1) is 8.10. The molecule has 0 unspecified atom stereocenters. The van der Waals surface area contributed by atoms with Crippen LogP contribution < -0.4 is 0 Å². The molecule has 0 aromatic heterocycles. The van der Waals surface area contributed by atoms with Gasteiger partial charge in [0.05, 0.1) is 4.90 Å². The lowest BCUT2D eigenvalue weighted by molar-refractivity contribution is 0.423. The van der Waals surface area contributed by atoms with E-state index in [1.807, 2.05) is 13.0 Å². The molecule has 1 heterocycles. The fraction of sp³-hybridized carbons (Fsp3) is 0.538. The van der Waals surface area contributed by atoms with Crippen LogP contribution in [0.25, 0.3) is 0 Å². The summed E-state index contributed by atoms with van der Waals surface area (Å²) in [4.78, 5) is 0.430. The van der Waals surface area contributed by atoms with Crippen molar-refractivity contribution < 1.29 is 8.42 Å². The average molecular weight is 253 g/mol. The highest BCUT2D eigenvalue weighted by Crippen LogP contribution is 2.20. The van der Waals surface area contributed by atoms with Gasteiger partial charge in [0, 0.05) is 13.1 Å². The number of hydrogen-bond donors (Lipinski definition) is 0. The van der Waals surface area contributed by atoms with E-state index in [4.69, 9.17) is 0 Å². The van der Waals surface area contributed by atoms with E-state index in [1.165, 1.54) is 0 Å². The molecule has 1 aromatic carbocycles. The van der Waals surface area contributed by atoms with E-state index in [0.29, 0.717) is 18.0 Å². The van der Waals surface area contributed by atoms with Gasteiger partial charge in [-0.25, -0.2) is 8.42 Å². The Kier molecular flexibility index (Phi) is 3.84. The van der Waals surface area contributed by atoms with Crippen LogP contribution in [0.15, 0.2) is 29.2 Å². The molecule has 0 N–H and O–H groups in total. The van der Waals surface area contributed by atoms with Crippen LogP contribution in [-0.2, 0) is 10.0 Å². The van der Waals surface area contributed by atoms with Crippen LogP contribution >= 0.6 is 0 Å². The normalized spacial score (nSPS) is 18.9. The molecule has 94 valence electrons. The summed E-state index contributed by atoms with van der Waals surface area (Å²) in [5.74, 6) is 0. The first kappa shape index (κ1) is 12.6. The molecule has 0 radical (unpaired) electrons. The van der Waals surface area contributed by atoms with Crippen LogP contribution in [0.5, 0.6) is 0 Å². The number of sulfonamides is 1. The topological polar surface area (TPSA) is 37.4 Å². The van der Waals surface area contributed by atoms with E-state index < -0.39 is 10.0 Å². The first-order valence-electron chi connectivity index (χ1n) is 6.17. The maximum absolute atomic E-state index is 12.4. The third-order valence-corrected chi connectivity index (χ3v) is 5.09. The van der Waals surface area contributed by atoms with Crippen molar-refractivity contribution in [3.05, 3.63) is 29.8 Å². The number of rotatable bonds is 2. The fourth-order valence-corrected chi connectivity index (χ4v) is 3.83. The van der Waals surface area contributed by atoms with E-state index in [9.17, 15) is 8.42 Å². The smallest absolute Gasteiger partial charge is 0.207 e. The van der Waals surface area contributed by atoms with Gasteiger partial charge in [-0.2, -0.15) is 4.31 Å². The molecule has 0 amide bonds. The maximum atomic E-state index is 12.4. The number of hydrogen-bond acceptors (Lipinski definition) is 2. The van der Waals surface area contributed by atoms with Crippen molar-refractivity contribution in [3.8, 4) is 0 Å². The van der Waals surface area contributed by atoms with Crippen LogP contribution in [0.3, 0.4) is 0 Å². The zero-order valence-electron chi connectivity index (χ0n) is 10.2. The second-order valence-corrected chi connectivity index (χ2v) is 6.57. The minimum absolute atomic E-state index is 0.430. The van der Waals surface area contributed by atoms with Crippen molar-refractivity contribution in [2.24, 2.45) is 0 Å². The summed E-state index contributed by atoms with van der Waals surface area (Å²) in [6.07, 6.45) is 4.23.